The molecule has 6 heteroatoms. The van der Waals surface area contributed by atoms with Crippen molar-refractivity contribution < 1.29 is 9.59 Å². The van der Waals surface area contributed by atoms with Gasteiger partial charge in [0, 0.05) is 49.0 Å². The summed E-state index contributed by atoms with van der Waals surface area (Å²) in [5.74, 6) is 2.08. The van der Waals surface area contributed by atoms with Gasteiger partial charge in [-0.1, -0.05) is 23.7 Å². The fraction of sp³-hybridized carbons (Fsp3) is 0.556. The van der Waals surface area contributed by atoms with Crippen LogP contribution in [0, 0.1) is 0 Å². The van der Waals surface area contributed by atoms with Crippen LogP contribution in [0.15, 0.2) is 24.3 Å². The normalized spacial score (nSPS) is 14.7. The maximum atomic E-state index is 11.8. The zero-order valence-electron chi connectivity index (χ0n) is 13.9. The second-order valence-electron chi connectivity index (χ2n) is 5.97. The first-order valence-electron chi connectivity index (χ1n) is 8.52. The number of hydrogen-bond acceptors (Lipinski definition) is 3. The Labute approximate surface area is 153 Å². The van der Waals surface area contributed by atoms with Gasteiger partial charge in [-0.2, -0.15) is 11.8 Å². The summed E-state index contributed by atoms with van der Waals surface area (Å²) >= 11 is 7.73. The van der Waals surface area contributed by atoms with Crippen molar-refractivity contribution in [1.29, 1.82) is 0 Å². The zero-order valence-corrected chi connectivity index (χ0v) is 15.5. The standard InChI is InChI=1S/C18H25ClN2O2S/c19-16-6-3-5-15(13-16)14-24-12-9-20-17(22)7-4-11-21-10-2-1-8-18(21)23/h3,5-6,13H,1-2,4,7-12,14H2,(H,20,22). The van der Waals surface area contributed by atoms with E-state index in [0.29, 0.717) is 25.9 Å². The van der Waals surface area contributed by atoms with Gasteiger partial charge in [0.05, 0.1) is 0 Å². The molecule has 0 saturated carbocycles. The number of rotatable bonds is 9. The van der Waals surface area contributed by atoms with Gasteiger partial charge in [-0.05, 0) is 37.0 Å². The number of carbonyl (C=O) groups excluding carboxylic acids is 2. The summed E-state index contributed by atoms with van der Waals surface area (Å²) in [5, 5.41) is 3.70. The lowest BCUT2D eigenvalue weighted by molar-refractivity contribution is -0.133. The number of benzene rings is 1. The van der Waals surface area contributed by atoms with E-state index in [1.807, 2.05) is 23.1 Å². The highest BCUT2D eigenvalue weighted by Gasteiger charge is 2.17. The molecule has 0 aliphatic carbocycles. The van der Waals surface area contributed by atoms with Crippen LogP contribution in [0.2, 0.25) is 5.02 Å². The Morgan fingerprint density at radius 3 is 3.00 bits per heavy atom. The zero-order chi connectivity index (χ0) is 17.2. The topological polar surface area (TPSA) is 49.4 Å². The van der Waals surface area contributed by atoms with Gasteiger partial charge < -0.3 is 10.2 Å². The van der Waals surface area contributed by atoms with E-state index in [1.165, 1.54) is 5.56 Å². The van der Waals surface area contributed by atoms with Crippen molar-refractivity contribution in [1.82, 2.24) is 10.2 Å². The molecule has 1 aliphatic rings. The molecule has 1 heterocycles. The first-order valence-corrected chi connectivity index (χ1v) is 10.0. The van der Waals surface area contributed by atoms with E-state index in [1.54, 1.807) is 11.8 Å². The van der Waals surface area contributed by atoms with Crippen LogP contribution in [-0.2, 0) is 15.3 Å². The first kappa shape index (κ1) is 19.1. The predicted octanol–water partition coefficient (Wildman–Crippen LogP) is 3.48. The molecule has 0 aromatic heterocycles. The third-order valence-electron chi connectivity index (χ3n) is 3.98. The number of amides is 2. The average molecular weight is 369 g/mol. The van der Waals surface area contributed by atoms with Gasteiger partial charge in [-0.25, -0.2) is 0 Å². The van der Waals surface area contributed by atoms with Gasteiger partial charge in [0.2, 0.25) is 11.8 Å². The van der Waals surface area contributed by atoms with E-state index in [0.717, 1.165) is 42.3 Å². The molecule has 0 atom stereocenters. The van der Waals surface area contributed by atoms with E-state index in [4.69, 9.17) is 11.6 Å². The second-order valence-corrected chi connectivity index (χ2v) is 7.52. The monoisotopic (exact) mass is 368 g/mol. The number of nitrogens with zero attached hydrogens (tertiary/aromatic N) is 1. The van der Waals surface area contributed by atoms with Crippen LogP contribution in [0.1, 0.15) is 37.7 Å². The lowest BCUT2D eigenvalue weighted by atomic mass is 10.1. The van der Waals surface area contributed by atoms with Crippen LogP contribution in [0.4, 0.5) is 0 Å². The van der Waals surface area contributed by atoms with Gasteiger partial charge in [-0.15, -0.1) is 0 Å². The van der Waals surface area contributed by atoms with Crippen molar-refractivity contribution >= 4 is 35.2 Å². The summed E-state index contributed by atoms with van der Waals surface area (Å²) in [7, 11) is 0. The highest BCUT2D eigenvalue weighted by atomic mass is 35.5. The minimum atomic E-state index is 0.0720. The molecule has 2 amide bonds. The van der Waals surface area contributed by atoms with E-state index in [-0.39, 0.29) is 11.8 Å². The summed E-state index contributed by atoms with van der Waals surface area (Å²) in [6.45, 7) is 2.23. The molecular weight excluding hydrogens is 344 g/mol. The van der Waals surface area contributed by atoms with E-state index < -0.39 is 0 Å². The Bertz CT molecular complexity index is 554. The highest BCUT2D eigenvalue weighted by Crippen LogP contribution is 2.16. The van der Waals surface area contributed by atoms with Crippen molar-refractivity contribution in [2.45, 2.75) is 37.9 Å². The number of piperidine rings is 1. The third-order valence-corrected chi connectivity index (χ3v) is 5.24. The van der Waals surface area contributed by atoms with Crippen LogP contribution < -0.4 is 5.32 Å². The van der Waals surface area contributed by atoms with Crippen molar-refractivity contribution in [2.75, 3.05) is 25.4 Å². The molecule has 4 nitrogen and oxygen atoms in total. The molecule has 0 unspecified atom stereocenters. The summed E-state index contributed by atoms with van der Waals surface area (Å²) in [5.41, 5.74) is 1.20. The molecule has 1 N–H and O–H groups in total. The van der Waals surface area contributed by atoms with E-state index >= 15 is 0 Å². The minimum absolute atomic E-state index is 0.0720. The maximum Gasteiger partial charge on any atom is 0.222 e. The van der Waals surface area contributed by atoms with Crippen molar-refractivity contribution in [3.8, 4) is 0 Å². The van der Waals surface area contributed by atoms with Gasteiger partial charge in [0.1, 0.15) is 0 Å². The Balaban J connectivity index is 1.49. The van der Waals surface area contributed by atoms with Gasteiger partial charge in [0.15, 0.2) is 0 Å². The van der Waals surface area contributed by atoms with Gasteiger partial charge in [0.25, 0.3) is 0 Å². The molecule has 1 aromatic rings. The number of hydrogen-bond donors (Lipinski definition) is 1. The molecule has 24 heavy (non-hydrogen) atoms. The largest absolute Gasteiger partial charge is 0.355 e. The fourth-order valence-corrected chi connectivity index (χ4v) is 3.72. The SMILES string of the molecule is O=C(CCCN1CCCCC1=O)NCCSCc1cccc(Cl)c1. The van der Waals surface area contributed by atoms with Crippen LogP contribution in [-0.4, -0.2) is 42.1 Å². The van der Waals surface area contributed by atoms with Crippen LogP contribution in [0.3, 0.4) is 0 Å². The van der Waals surface area contributed by atoms with Crippen LogP contribution in [0.25, 0.3) is 0 Å². The van der Waals surface area contributed by atoms with Crippen LogP contribution >= 0.6 is 23.4 Å². The molecule has 0 radical (unpaired) electrons. The quantitative estimate of drug-likeness (QED) is 0.679. The summed E-state index contributed by atoms with van der Waals surface area (Å²) in [6.07, 6.45) is 3.98. The molecular formula is C18H25ClN2O2S. The molecule has 1 aromatic carbocycles. The summed E-state index contributed by atoms with van der Waals surface area (Å²) in [6, 6.07) is 7.84. The Morgan fingerprint density at radius 1 is 1.33 bits per heavy atom. The summed E-state index contributed by atoms with van der Waals surface area (Å²) < 4.78 is 0. The Hall–Kier alpha value is -1.20. The summed E-state index contributed by atoms with van der Waals surface area (Å²) in [4.78, 5) is 25.4. The van der Waals surface area contributed by atoms with Crippen molar-refractivity contribution in [2.24, 2.45) is 0 Å². The van der Waals surface area contributed by atoms with E-state index in [9.17, 15) is 9.59 Å². The molecule has 1 aliphatic heterocycles. The van der Waals surface area contributed by atoms with Crippen molar-refractivity contribution in [3.63, 3.8) is 0 Å². The first-order chi connectivity index (χ1) is 11.6. The predicted molar refractivity (Wildman–Crippen MR) is 100 cm³/mol. The highest BCUT2D eigenvalue weighted by molar-refractivity contribution is 7.98. The Morgan fingerprint density at radius 2 is 2.21 bits per heavy atom. The van der Waals surface area contributed by atoms with Crippen molar-refractivity contribution in [3.05, 3.63) is 34.9 Å². The second kappa shape index (κ2) is 10.6. The minimum Gasteiger partial charge on any atom is -0.355 e. The third kappa shape index (κ3) is 7.14. The van der Waals surface area contributed by atoms with Gasteiger partial charge >= 0.3 is 0 Å². The maximum absolute atomic E-state index is 11.8. The molecule has 0 spiro atoms. The lowest BCUT2D eigenvalue weighted by Gasteiger charge is -2.26. The smallest absolute Gasteiger partial charge is 0.222 e. The Kier molecular flexibility index (Phi) is 8.47. The number of likely N-dealkylation sites (tertiary alicyclic amines) is 1. The molecule has 1 fully saturated rings. The number of nitrogens with one attached hydrogen (secondary N) is 1. The molecule has 0 bridgehead atoms. The average Bonchev–Trinajstić information content (AvgIpc) is 2.56. The van der Waals surface area contributed by atoms with E-state index in [2.05, 4.69) is 11.4 Å². The number of halogens is 1. The van der Waals surface area contributed by atoms with Crippen LogP contribution in [0.5, 0.6) is 0 Å². The molecule has 1 saturated heterocycles. The number of thioether (sulfide) groups is 1. The fourth-order valence-electron chi connectivity index (χ4n) is 2.70. The molecule has 132 valence electrons. The lowest BCUT2D eigenvalue weighted by Crippen LogP contribution is -2.36. The molecule has 2 rings (SSSR count). The van der Waals surface area contributed by atoms with Gasteiger partial charge in [-0.3, -0.25) is 9.59 Å². The number of carbonyl (C=O) groups is 2.